The number of para-hydroxylation sites is 1. The second kappa shape index (κ2) is 8.44. The number of carbonyl (C=O) groups is 2. The summed E-state index contributed by atoms with van der Waals surface area (Å²) in [5.74, 6) is 0.0325. The molecule has 1 saturated heterocycles. The normalized spacial score (nSPS) is 19.2. The molecule has 3 aromatic carbocycles. The van der Waals surface area contributed by atoms with Crippen LogP contribution >= 0.6 is 11.8 Å². The molecule has 1 aliphatic heterocycles. The molecule has 0 unspecified atom stereocenters. The molecule has 3 nitrogen and oxygen atoms in total. The van der Waals surface area contributed by atoms with Gasteiger partial charge in [-0.3, -0.25) is 14.5 Å². The Morgan fingerprint density at radius 1 is 0.750 bits per heavy atom. The van der Waals surface area contributed by atoms with E-state index in [2.05, 4.69) is 0 Å². The Labute approximate surface area is 169 Å². The SMILES string of the molecule is O=C1[C@@H](CCSc2ccccc2)C(=O)N(c2ccccc2)[C@H]1c1ccccc1. The quantitative estimate of drug-likeness (QED) is 0.434. The van der Waals surface area contributed by atoms with Gasteiger partial charge in [-0.1, -0.05) is 66.7 Å². The highest BCUT2D eigenvalue weighted by atomic mass is 32.2. The average molecular weight is 388 g/mol. The molecular weight excluding hydrogens is 366 g/mol. The molecule has 0 saturated carbocycles. The number of hydrogen-bond acceptors (Lipinski definition) is 3. The van der Waals surface area contributed by atoms with Gasteiger partial charge in [-0.25, -0.2) is 0 Å². The van der Waals surface area contributed by atoms with Crippen LogP contribution in [-0.4, -0.2) is 17.4 Å². The zero-order valence-electron chi connectivity index (χ0n) is 15.4. The van der Waals surface area contributed by atoms with Crippen molar-refractivity contribution in [2.45, 2.75) is 17.4 Å². The Balaban J connectivity index is 1.58. The van der Waals surface area contributed by atoms with Crippen molar-refractivity contribution in [2.24, 2.45) is 5.92 Å². The molecule has 0 bridgehead atoms. The predicted molar refractivity (Wildman–Crippen MR) is 113 cm³/mol. The van der Waals surface area contributed by atoms with Crippen molar-refractivity contribution in [1.82, 2.24) is 0 Å². The summed E-state index contributed by atoms with van der Waals surface area (Å²) in [4.78, 5) is 29.3. The van der Waals surface area contributed by atoms with Crippen LogP contribution in [0, 0.1) is 5.92 Å². The minimum atomic E-state index is -0.596. The van der Waals surface area contributed by atoms with Gasteiger partial charge < -0.3 is 0 Å². The van der Waals surface area contributed by atoms with E-state index >= 15 is 0 Å². The van der Waals surface area contributed by atoms with Crippen LogP contribution in [0.5, 0.6) is 0 Å². The maximum Gasteiger partial charge on any atom is 0.238 e. The van der Waals surface area contributed by atoms with Crippen molar-refractivity contribution < 1.29 is 9.59 Å². The molecule has 0 aliphatic carbocycles. The molecule has 2 atom stereocenters. The molecule has 140 valence electrons. The van der Waals surface area contributed by atoms with E-state index in [1.807, 2.05) is 91.0 Å². The Morgan fingerprint density at radius 2 is 1.32 bits per heavy atom. The lowest BCUT2D eigenvalue weighted by Crippen LogP contribution is -2.29. The van der Waals surface area contributed by atoms with Crippen LogP contribution in [0.2, 0.25) is 0 Å². The maximum absolute atomic E-state index is 13.3. The number of Topliss-reactive ketones (excluding diaryl/α,β-unsaturated/α-hetero) is 1. The first-order valence-electron chi connectivity index (χ1n) is 9.40. The van der Waals surface area contributed by atoms with Gasteiger partial charge in [-0.05, 0) is 42.0 Å². The van der Waals surface area contributed by atoms with Gasteiger partial charge >= 0.3 is 0 Å². The van der Waals surface area contributed by atoms with Crippen molar-refractivity contribution in [3.05, 3.63) is 96.6 Å². The van der Waals surface area contributed by atoms with Gasteiger partial charge in [0.05, 0.1) is 0 Å². The van der Waals surface area contributed by atoms with Gasteiger partial charge in [0, 0.05) is 10.6 Å². The lowest BCUT2D eigenvalue weighted by atomic mass is 9.96. The van der Waals surface area contributed by atoms with E-state index in [4.69, 9.17) is 0 Å². The molecule has 0 spiro atoms. The number of nitrogens with zero attached hydrogens (tertiary/aromatic N) is 1. The molecule has 3 aromatic rings. The lowest BCUT2D eigenvalue weighted by molar-refractivity contribution is -0.127. The second-order valence-electron chi connectivity index (χ2n) is 6.76. The fourth-order valence-electron chi connectivity index (χ4n) is 3.63. The molecule has 0 N–H and O–H groups in total. The van der Waals surface area contributed by atoms with E-state index in [9.17, 15) is 9.59 Å². The molecule has 1 amide bonds. The third-order valence-electron chi connectivity index (χ3n) is 4.97. The number of rotatable bonds is 6. The van der Waals surface area contributed by atoms with E-state index in [-0.39, 0.29) is 11.7 Å². The summed E-state index contributed by atoms with van der Waals surface area (Å²) < 4.78 is 0. The first-order valence-corrected chi connectivity index (χ1v) is 10.4. The van der Waals surface area contributed by atoms with Crippen molar-refractivity contribution in [1.29, 1.82) is 0 Å². The fourth-order valence-corrected chi connectivity index (χ4v) is 4.56. The van der Waals surface area contributed by atoms with E-state index in [1.165, 1.54) is 0 Å². The molecule has 1 fully saturated rings. The van der Waals surface area contributed by atoms with Crippen molar-refractivity contribution >= 4 is 29.1 Å². The minimum Gasteiger partial charge on any atom is -0.297 e. The first-order chi connectivity index (χ1) is 13.8. The molecule has 1 heterocycles. The molecule has 4 heteroatoms. The van der Waals surface area contributed by atoms with Gasteiger partial charge in [0.2, 0.25) is 5.91 Å². The average Bonchev–Trinajstić information content (AvgIpc) is 3.00. The van der Waals surface area contributed by atoms with E-state index in [1.54, 1.807) is 16.7 Å². The number of hydrogen-bond donors (Lipinski definition) is 0. The number of ketones is 1. The van der Waals surface area contributed by atoms with Crippen LogP contribution < -0.4 is 4.90 Å². The van der Waals surface area contributed by atoms with E-state index in [0.29, 0.717) is 6.42 Å². The minimum absolute atomic E-state index is 0.00582. The number of thioether (sulfide) groups is 1. The first kappa shape index (κ1) is 18.5. The molecule has 0 aromatic heterocycles. The van der Waals surface area contributed by atoms with E-state index in [0.717, 1.165) is 21.9 Å². The Kier molecular flexibility index (Phi) is 5.58. The predicted octanol–water partition coefficient (Wildman–Crippen LogP) is 5.14. The fraction of sp³-hybridized carbons (Fsp3) is 0.167. The van der Waals surface area contributed by atoms with Crippen molar-refractivity contribution in [3.8, 4) is 0 Å². The number of amides is 1. The molecule has 1 aliphatic rings. The summed E-state index contributed by atoms with van der Waals surface area (Å²) in [7, 11) is 0. The third-order valence-corrected chi connectivity index (χ3v) is 6.02. The van der Waals surface area contributed by atoms with Gasteiger partial charge in [0.25, 0.3) is 0 Å². The van der Waals surface area contributed by atoms with E-state index < -0.39 is 12.0 Å². The van der Waals surface area contributed by atoms with Gasteiger partial charge in [-0.15, -0.1) is 11.8 Å². The summed E-state index contributed by atoms with van der Waals surface area (Å²) in [6, 6.07) is 28.6. The van der Waals surface area contributed by atoms with Crippen molar-refractivity contribution in [2.75, 3.05) is 10.7 Å². The Morgan fingerprint density at radius 3 is 1.96 bits per heavy atom. The summed E-state index contributed by atoms with van der Waals surface area (Å²) in [5, 5.41) is 0. The molecular formula is C24H21NO2S. The number of anilines is 1. The topological polar surface area (TPSA) is 37.4 Å². The smallest absolute Gasteiger partial charge is 0.238 e. The Hall–Kier alpha value is -2.85. The van der Waals surface area contributed by atoms with Gasteiger partial charge in [0.1, 0.15) is 12.0 Å². The highest BCUT2D eigenvalue weighted by Gasteiger charge is 2.47. The maximum atomic E-state index is 13.3. The summed E-state index contributed by atoms with van der Waals surface area (Å²) in [6.07, 6.45) is 0.546. The van der Waals surface area contributed by atoms with Crippen LogP contribution in [0.1, 0.15) is 18.0 Å². The highest BCUT2D eigenvalue weighted by molar-refractivity contribution is 7.99. The molecule has 4 rings (SSSR count). The monoisotopic (exact) mass is 387 g/mol. The Bertz CT molecular complexity index is 887. The largest absolute Gasteiger partial charge is 0.297 e. The number of carbonyl (C=O) groups excluding carboxylic acids is 2. The lowest BCUT2D eigenvalue weighted by Gasteiger charge is -2.24. The van der Waals surface area contributed by atoms with Gasteiger partial charge in [-0.2, -0.15) is 0 Å². The zero-order chi connectivity index (χ0) is 19.3. The van der Waals surface area contributed by atoms with Crippen LogP contribution in [0.15, 0.2) is 95.9 Å². The summed E-state index contributed by atoms with van der Waals surface area (Å²) in [5.41, 5.74) is 1.64. The van der Waals surface area contributed by atoms with Crippen LogP contribution in [-0.2, 0) is 9.59 Å². The van der Waals surface area contributed by atoms with Crippen LogP contribution in [0.4, 0.5) is 5.69 Å². The van der Waals surface area contributed by atoms with Crippen molar-refractivity contribution in [3.63, 3.8) is 0 Å². The zero-order valence-corrected chi connectivity index (χ0v) is 16.2. The number of benzene rings is 3. The summed E-state index contributed by atoms with van der Waals surface area (Å²) in [6.45, 7) is 0. The third kappa shape index (κ3) is 3.73. The van der Waals surface area contributed by atoms with Crippen LogP contribution in [0.25, 0.3) is 0 Å². The molecule has 28 heavy (non-hydrogen) atoms. The standard InChI is InChI=1S/C24H21NO2S/c26-23-21(16-17-28-20-14-8-3-9-15-20)24(27)25(19-12-6-2-7-13-19)22(23)18-10-4-1-5-11-18/h1-15,21-22H,16-17H2/t21-,22+/m1/s1. The second-order valence-corrected chi connectivity index (χ2v) is 7.93. The highest BCUT2D eigenvalue weighted by Crippen LogP contribution is 2.39. The summed E-state index contributed by atoms with van der Waals surface area (Å²) >= 11 is 1.68. The van der Waals surface area contributed by atoms with Crippen LogP contribution in [0.3, 0.4) is 0 Å². The molecule has 0 radical (unpaired) electrons. The van der Waals surface area contributed by atoms with Gasteiger partial charge in [0.15, 0.2) is 5.78 Å².